The summed E-state index contributed by atoms with van der Waals surface area (Å²) in [4.78, 5) is 10.7. The highest BCUT2D eigenvalue weighted by Gasteiger charge is 2.22. The van der Waals surface area contributed by atoms with Gasteiger partial charge in [0.15, 0.2) is 0 Å². The summed E-state index contributed by atoms with van der Waals surface area (Å²) in [7, 11) is -8.64. The van der Waals surface area contributed by atoms with Gasteiger partial charge in [0.2, 0.25) is 0 Å². The van der Waals surface area contributed by atoms with Crippen molar-refractivity contribution >= 4 is 25.8 Å². The molecule has 2 aromatic rings. The maximum atomic E-state index is 11.9. The summed E-state index contributed by atoms with van der Waals surface area (Å²) < 4.78 is 51.8. The lowest BCUT2D eigenvalue weighted by molar-refractivity contribution is -0.384. The Hall–Kier alpha value is -2.34. The summed E-state index contributed by atoms with van der Waals surface area (Å²) in [6.45, 7) is 0. The van der Waals surface area contributed by atoms with Gasteiger partial charge in [-0.05, 0) is 24.3 Å². The third-order valence-electron chi connectivity index (χ3n) is 2.64. The van der Waals surface area contributed by atoms with Crippen molar-refractivity contribution in [1.82, 2.24) is 4.89 Å². The van der Waals surface area contributed by atoms with Crippen LogP contribution in [0.25, 0.3) is 0 Å². The van der Waals surface area contributed by atoms with Crippen LogP contribution in [0, 0.1) is 10.1 Å². The number of nitro benzene ring substituents is 1. The Morgan fingerprint density at radius 2 is 1.43 bits per heavy atom. The molecule has 0 aliphatic carbocycles. The average molecular weight is 358 g/mol. The monoisotopic (exact) mass is 358 g/mol. The van der Waals surface area contributed by atoms with Crippen LogP contribution in [0.4, 0.5) is 5.69 Å². The van der Waals surface area contributed by atoms with Crippen molar-refractivity contribution in [2.45, 2.75) is 9.79 Å². The van der Waals surface area contributed by atoms with Crippen molar-refractivity contribution in [2.75, 3.05) is 0 Å². The Labute approximate surface area is 131 Å². The Bertz CT molecular complexity index is 908. The van der Waals surface area contributed by atoms with Crippen LogP contribution in [0.1, 0.15) is 0 Å². The summed E-state index contributed by atoms with van der Waals surface area (Å²) in [6.07, 6.45) is 0. The molecule has 0 aromatic heterocycles. The molecule has 23 heavy (non-hydrogen) atoms. The maximum Gasteiger partial charge on any atom is 0.313 e. The summed E-state index contributed by atoms with van der Waals surface area (Å²) >= 11 is 0. The number of rotatable bonds is 6. The first-order valence-electron chi connectivity index (χ1n) is 5.97. The van der Waals surface area contributed by atoms with Gasteiger partial charge in [-0.25, -0.2) is 8.42 Å². The van der Waals surface area contributed by atoms with Crippen LogP contribution < -0.4 is 4.89 Å². The fraction of sp³-hybridized carbons (Fsp3) is 0. The van der Waals surface area contributed by atoms with Crippen LogP contribution in [0.2, 0.25) is 0 Å². The zero-order valence-electron chi connectivity index (χ0n) is 11.3. The third-order valence-corrected chi connectivity index (χ3v) is 5.10. The first-order chi connectivity index (χ1) is 10.7. The third kappa shape index (κ3) is 4.10. The van der Waals surface area contributed by atoms with Gasteiger partial charge >= 0.3 is 10.1 Å². The number of benzene rings is 2. The van der Waals surface area contributed by atoms with E-state index in [-0.39, 0.29) is 10.6 Å². The lowest BCUT2D eigenvalue weighted by atomic mass is 10.3. The second-order valence-electron chi connectivity index (χ2n) is 4.19. The zero-order valence-corrected chi connectivity index (χ0v) is 13.0. The standard InChI is InChI=1S/C12H10N2O7S2/c15-14(16)10-6-8-12(9-7-10)23(19,20)21-13-22(17,18)11-4-2-1-3-5-11/h1-9,13H. The average Bonchev–Trinajstić information content (AvgIpc) is 2.54. The Morgan fingerprint density at radius 1 is 0.870 bits per heavy atom. The van der Waals surface area contributed by atoms with Crippen LogP contribution in [-0.4, -0.2) is 21.8 Å². The molecule has 2 aromatic carbocycles. The molecule has 11 heteroatoms. The zero-order chi connectivity index (χ0) is 17.1. The Kier molecular flexibility index (Phi) is 4.75. The van der Waals surface area contributed by atoms with Crippen molar-refractivity contribution < 1.29 is 26.0 Å². The highest BCUT2D eigenvalue weighted by atomic mass is 32.2. The van der Waals surface area contributed by atoms with Gasteiger partial charge in [-0.3, -0.25) is 10.1 Å². The van der Waals surface area contributed by atoms with Crippen LogP contribution in [0.3, 0.4) is 0 Å². The largest absolute Gasteiger partial charge is 0.313 e. The van der Waals surface area contributed by atoms with Gasteiger partial charge in [0, 0.05) is 12.1 Å². The number of non-ortho nitro benzene ring substituents is 1. The minimum absolute atomic E-state index is 0.182. The number of nitrogens with zero attached hydrogens (tertiary/aromatic N) is 1. The van der Waals surface area contributed by atoms with Gasteiger partial charge in [0.05, 0.1) is 14.7 Å². The number of hydrogen-bond donors (Lipinski definition) is 1. The SMILES string of the molecule is O=[N+]([O-])c1ccc(S(=O)(=O)ONS(=O)(=O)c2ccccc2)cc1. The molecule has 122 valence electrons. The van der Waals surface area contributed by atoms with Gasteiger partial charge in [0.25, 0.3) is 15.7 Å². The van der Waals surface area contributed by atoms with E-state index in [9.17, 15) is 26.9 Å². The van der Waals surface area contributed by atoms with E-state index < -0.39 is 30.0 Å². The van der Waals surface area contributed by atoms with Crippen molar-refractivity contribution in [3.63, 3.8) is 0 Å². The lowest BCUT2D eigenvalue weighted by Gasteiger charge is -2.07. The van der Waals surface area contributed by atoms with Crippen molar-refractivity contribution in [3.8, 4) is 0 Å². The van der Waals surface area contributed by atoms with Crippen LogP contribution >= 0.6 is 0 Å². The second-order valence-corrected chi connectivity index (χ2v) is 7.38. The summed E-state index contributed by atoms with van der Waals surface area (Å²) in [5, 5.41) is 10.5. The molecule has 2 rings (SSSR count). The summed E-state index contributed by atoms with van der Waals surface area (Å²) in [5.74, 6) is 0. The predicted octanol–water partition coefficient (Wildman–Crippen LogP) is 1.19. The van der Waals surface area contributed by atoms with Crippen LogP contribution in [0.15, 0.2) is 64.4 Å². The molecule has 0 radical (unpaired) electrons. The molecule has 9 nitrogen and oxygen atoms in total. The maximum absolute atomic E-state index is 11.9. The van der Waals surface area contributed by atoms with E-state index in [2.05, 4.69) is 4.28 Å². The molecular weight excluding hydrogens is 348 g/mol. The van der Waals surface area contributed by atoms with Gasteiger partial charge < -0.3 is 0 Å². The van der Waals surface area contributed by atoms with Gasteiger partial charge in [-0.2, -0.15) is 12.7 Å². The van der Waals surface area contributed by atoms with Crippen LogP contribution in [-0.2, 0) is 24.4 Å². The molecule has 0 heterocycles. The van der Waals surface area contributed by atoms with Crippen molar-refractivity contribution in [3.05, 3.63) is 64.7 Å². The molecule has 0 bridgehead atoms. The number of nitrogens with one attached hydrogen (secondary N) is 1. The molecule has 0 aliphatic heterocycles. The van der Waals surface area contributed by atoms with E-state index in [1.54, 1.807) is 6.07 Å². The van der Waals surface area contributed by atoms with E-state index in [1.807, 2.05) is 0 Å². The van der Waals surface area contributed by atoms with Gasteiger partial charge in [-0.1, -0.05) is 23.1 Å². The summed E-state index contributed by atoms with van der Waals surface area (Å²) in [5.41, 5.74) is -0.311. The predicted molar refractivity (Wildman–Crippen MR) is 78.1 cm³/mol. The number of nitro groups is 1. The minimum atomic E-state index is -4.46. The smallest absolute Gasteiger partial charge is 0.258 e. The molecule has 0 unspecified atom stereocenters. The molecule has 1 N–H and O–H groups in total. The summed E-state index contributed by atoms with van der Waals surface area (Å²) in [6, 6.07) is 10.8. The molecule has 0 saturated carbocycles. The van der Waals surface area contributed by atoms with Crippen LogP contribution in [0.5, 0.6) is 0 Å². The lowest BCUT2D eigenvalue weighted by Crippen LogP contribution is -2.27. The molecule has 0 fully saturated rings. The Morgan fingerprint density at radius 3 is 1.96 bits per heavy atom. The van der Waals surface area contributed by atoms with Gasteiger partial charge in [0.1, 0.15) is 0 Å². The quantitative estimate of drug-likeness (QED) is 0.606. The Balaban J connectivity index is 2.17. The highest BCUT2D eigenvalue weighted by molar-refractivity contribution is 7.91. The highest BCUT2D eigenvalue weighted by Crippen LogP contribution is 2.17. The second kappa shape index (κ2) is 6.42. The molecular formula is C12H10N2O7S2. The minimum Gasteiger partial charge on any atom is -0.258 e. The van der Waals surface area contributed by atoms with E-state index in [1.165, 1.54) is 29.2 Å². The first kappa shape index (κ1) is 17.0. The molecule has 0 atom stereocenters. The van der Waals surface area contributed by atoms with E-state index >= 15 is 0 Å². The molecule has 0 spiro atoms. The fourth-order valence-corrected chi connectivity index (χ4v) is 3.41. The normalized spacial score (nSPS) is 12.0. The number of sulfonamides is 1. The first-order valence-corrected chi connectivity index (χ1v) is 8.86. The molecule has 0 aliphatic rings. The van der Waals surface area contributed by atoms with E-state index in [0.29, 0.717) is 0 Å². The molecule has 0 amide bonds. The number of hydrogen-bond acceptors (Lipinski definition) is 7. The van der Waals surface area contributed by atoms with Crippen molar-refractivity contribution in [1.29, 1.82) is 0 Å². The molecule has 0 saturated heterocycles. The topological polar surface area (TPSA) is 133 Å². The van der Waals surface area contributed by atoms with Gasteiger partial charge in [-0.15, -0.1) is 0 Å². The fourth-order valence-electron chi connectivity index (χ4n) is 1.52. The van der Waals surface area contributed by atoms with E-state index in [0.717, 1.165) is 24.3 Å². The van der Waals surface area contributed by atoms with E-state index in [4.69, 9.17) is 0 Å². The van der Waals surface area contributed by atoms with Crippen molar-refractivity contribution in [2.24, 2.45) is 0 Å².